The van der Waals surface area contributed by atoms with Crippen LogP contribution < -0.4 is 15.8 Å². The van der Waals surface area contributed by atoms with Crippen molar-refractivity contribution >= 4 is 29.2 Å². The van der Waals surface area contributed by atoms with Crippen LogP contribution in [0.5, 0.6) is 5.75 Å². The maximum Gasteiger partial charge on any atom is 0.332 e. The summed E-state index contributed by atoms with van der Waals surface area (Å²) in [7, 11) is 0. The smallest absolute Gasteiger partial charge is 0.332 e. The van der Waals surface area contributed by atoms with Gasteiger partial charge in [-0.2, -0.15) is 0 Å². The molecule has 0 saturated carbocycles. The highest BCUT2D eigenvalue weighted by Gasteiger charge is 2.23. The van der Waals surface area contributed by atoms with Crippen LogP contribution in [0.25, 0.3) is 0 Å². The second-order valence-electron chi connectivity index (χ2n) is 3.80. The lowest BCUT2D eigenvalue weighted by Gasteiger charge is -2.12. The average molecular weight is 301 g/mol. The minimum atomic E-state index is -1.37. The second-order valence-corrected chi connectivity index (χ2v) is 4.20. The van der Waals surface area contributed by atoms with Gasteiger partial charge in [-0.05, 0) is 32.0 Å². The van der Waals surface area contributed by atoms with E-state index in [1.807, 2.05) is 6.92 Å². The van der Waals surface area contributed by atoms with Gasteiger partial charge in [0.05, 0.1) is 18.2 Å². The summed E-state index contributed by atoms with van der Waals surface area (Å²) in [5, 5.41) is 2.84. The molecule has 0 aliphatic carbocycles. The number of halogens is 1. The van der Waals surface area contributed by atoms with Crippen molar-refractivity contribution < 1.29 is 19.1 Å². The summed E-state index contributed by atoms with van der Waals surface area (Å²) >= 11 is 5.98. The molecule has 0 aromatic heterocycles. The van der Waals surface area contributed by atoms with E-state index >= 15 is 0 Å². The summed E-state index contributed by atoms with van der Waals surface area (Å²) in [6, 6.07) is 3.37. The summed E-state index contributed by atoms with van der Waals surface area (Å²) in [6.45, 7) is 4.12. The van der Waals surface area contributed by atoms with E-state index in [0.29, 0.717) is 23.1 Å². The van der Waals surface area contributed by atoms with Crippen LogP contribution >= 0.6 is 11.6 Å². The molecule has 0 bridgehead atoms. The van der Waals surface area contributed by atoms with E-state index in [1.54, 1.807) is 19.1 Å². The Morgan fingerprint density at radius 2 is 2.05 bits per heavy atom. The highest BCUT2D eigenvalue weighted by atomic mass is 35.5. The van der Waals surface area contributed by atoms with Crippen molar-refractivity contribution in [2.45, 2.75) is 19.9 Å². The van der Waals surface area contributed by atoms with E-state index in [4.69, 9.17) is 22.1 Å². The third-order valence-electron chi connectivity index (χ3n) is 2.32. The van der Waals surface area contributed by atoms with Crippen molar-refractivity contribution in [3.8, 4) is 5.75 Å². The monoisotopic (exact) mass is 300 g/mol. The third kappa shape index (κ3) is 4.40. The average Bonchev–Trinajstić information content (AvgIpc) is 2.41. The molecular weight excluding hydrogens is 284 g/mol. The van der Waals surface area contributed by atoms with E-state index < -0.39 is 17.9 Å². The summed E-state index contributed by atoms with van der Waals surface area (Å²) < 4.78 is 9.94. The van der Waals surface area contributed by atoms with Crippen LogP contribution in [0.4, 0.5) is 5.69 Å². The lowest BCUT2D eigenvalue weighted by molar-refractivity contribution is -0.146. The fourth-order valence-corrected chi connectivity index (χ4v) is 1.65. The number of benzene rings is 1. The van der Waals surface area contributed by atoms with E-state index in [9.17, 15) is 9.59 Å². The van der Waals surface area contributed by atoms with E-state index in [2.05, 4.69) is 10.1 Å². The standard InChI is InChI=1S/C13H17ClN2O4/c1-3-19-10-6-5-8(7-9(10)14)16-12(17)11(15)13(18)20-4-2/h5-7,11H,3-4,15H2,1-2H3,(H,16,17). The molecule has 0 aliphatic rings. The molecule has 1 aromatic rings. The van der Waals surface area contributed by atoms with Gasteiger partial charge in [0.25, 0.3) is 5.91 Å². The second kappa shape index (κ2) is 7.72. The molecule has 0 heterocycles. The number of amides is 1. The van der Waals surface area contributed by atoms with Gasteiger partial charge < -0.3 is 20.5 Å². The molecule has 0 saturated heterocycles. The molecule has 1 atom stereocenters. The van der Waals surface area contributed by atoms with Crippen LogP contribution in [0, 0.1) is 0 Å². The van der Waals surface area contributed by atoms with Gasteiger partial charge in [0, 0.05) is 5.69 Å². The highest BCUT2D eigenvalue weighted by molar-refractivity contribution is 6.32. The molecule has 7 heteroatoms. The Morgan fingerprint density at radius 1 is 1.35 bits per heavy atom. The lowest BCUT2D eigenvalue weighted by atomic mass is 10.2. The number of rotatable bonds is 6. The molecule has 0 aliphatic heterocycles. The van der Waals surface area contributed by atoms with Crippen molar-refractivity contribution in [3.63, 3.8) is 0 Å². The number of nitrogens with two attached hydrogens (primary N) is 1. The molecule has 0 fully saturated rings. The van der Waals surface area contributed by atoms with Gasteiger partial charge in [-0.15, -0.1) is 0 Å². The predicted octanol–water partition coefficient (Wildman–Crippen LogP) is 1.57. The Bertz CT molecular complexity index is 493. The first kappa shape index (κ1) is 16.3. The Morgan fingerprint density at radius 3 is 2.60 bits per heavy atom. The molecule has 20 heavy (non-hydrogen) atoms. The maximum atomic E-state index is 11.7. The van der Waals surface area contributed by atoms with E-state index in [-0.39, 0.29) is 6.61 Å². The first-order chi connectivity index (χ1) is 9.49. The van der Waals surface area contributed by atoms with Gasteiger partial charge in [-0.3, -0.25) is 4.79 Å². The molecule has 1 aromatic carbocycles. The highest BCUT2D eigenvalue weighted by Crippen LogP contribution is 2.27. The predicted molar refractivity (Wildman–Crippen MR) is 75.9 cm³/mol. The van der Waals surface area contributed by atoms with Crippen LogP contribution in [0.15, 0.2) is 18.2 Å². The zero-order chi connectivity index (χ0) is 15.1. The van der Waals surface area contributed by atoms with Gasteiger partial charge in [0.1, 0.15) is 5.75 Å². The number of esters is 1. The molecule has 6 nitrogen and oxygen atoms in total. The molecular formula is C13H17ClN2O4. The summed E-state index contributed by atoms with van der Waals surface area (Å²) in [4.78, 5) is 23.1. The maximum absolute atomic E-state index is 11.7. The minimum Gasteiger partial charge on any atom is -0.492 e. The molecule has 0 spiro atoms. The minimum absolute atomic E-state index is 0.161. The SMILES string of the molecule is CCOC(=O)C(N)C(=O)Nc1ccc(OCC)c(Cl)c1. The molecule has 1 rings (SSSR count). The number of hydrogen-bond acceptors (Lipinski definition) is 5. The van der Waals surface area contributed by atoms with Crippen LogP contribution in [0.1, 0.15) is 13.8 Å². The first-order valence-electron chi connectivity index (χ1n) is 6.15. The Labute approximate surface area is 122 Å². The van der Waals surface area contributed by atoms with Gasteiger partial charge >= 0.3 is 5.97 Å². The van der Waals surface area contributed by atoms with Crippen LogP contribution in [0.2, 0.25) is 5.02 Å². The third-order valence-corrected chi connectivity index (χ3v) is 2.62. The van der Waals surface area contributed by atoms with E-state index in [1.165, 1.54) is 6.07 Å². The molecule has 0 radical (unpaired) electrons. The fraction of sp³-hybridized carbons (Fsp3) is 0.385. The molecule has 1 unspecified atom stereocenters. The van der Waals surface area contributed by atoms with Crippen molar-refractivity contribution in [1.82, 2.24) is 0 Å². The fourth-order valence-electron chi connectivity index (χ4n) is 1.41. The van der Waals surface area contributed by atoms with Crippen LogP contribution in [0.3, 0.4) is 0 Å². The van der Waals surface area contributed by atoms with Crippen LogP contribution in [-0.4, -0.2) is 31.1 Å². The lowest BCUT2D eigenvalue weighted by Crippen LogP contribution is -2.43. The molecule has 3 N–H and O–H groups in total. The number of nitrogens with one attached hydrogen (secondary N) is 1. The topological polar surface area (TPSA) is 90.7 Å². The largest absolute Gasteiger partial charge is 0.492 e. The molecule has 110 valence electrons. The van der Waals surface area contributed by atoms with Crippen molar-refractivity contribution in [2.75, 3.05) is 18.5 Å². The number of anilines is 1. The summed E-state index contributed by atoms with van der Waals surface area (Å²) in [6.07, 6.45) is 0. The van der Waals surface area contributed by atoms with Crippen molar-refractivity contribution in [2.24, 2.45) is 5.73 Å². The Hall–Kier alpha value is -1.79. The zero-order valence-electron chi connectivity index (χ0n) is 11.3. The number of ether oxygens (including phenoxy) is 2. The van der Waals surface area contributed by atoms with Gasteiger partial charge in [-0.25, -0.2) is 4.79 Å². The zero-order valence-corrected chi connectivity index (χ0v) is 12.1. The number of hydrogen-bond donors (Lipinski definition) is 2. The number of carbonyl (C=O) groups is 2. The van der Waals surface area contributed by atoms with Gasteiger partial charge in [0.2, 0.25) is 0 Å². The van der Waals surface area contributed by atoms with Gasteiger partial charge in [-0.1, -0.05) is 11.6 Å². The van der Waals surface area contributed by atoms with Gasteiger partial charge in [0.15, 0.2) is 6.04 Å². The Balaban J connectivity index is 2.71. The van der Waals surface area contributed by atoms with Crippen LogP contribution in [-0.2, 0) is 14.3 Å². The van der Waals surface area contributed by atoms with E-state index in [0.717, 1.165) is 0 Å². The van der Waals surface area contributed by atoms with Crippen molar-refractivity contribution in [3.05, 3.63) is 23.2 Å². The number of carbonyl (C=O) groups excluding carboxylic acids is 2. The normalized spacial score (nSPS) is 11.6. The molecule has 1 amide bonds. The quantitative estimate of drug-likeness (QED) is 0.614. The summed E-state index contributed by atoms with van der Waals surface area (Å²) in [5.41, 5.74) is 5.89. The first-order valence-corrected chi connectivity index (χ1v) is 6.52. The summed E-state index contributed by atoms with van der Waals surface area (Å²) in [5.74, 6) is -0.924. The van der Waals surface area contributed by atoms with Crippen molar-refractivity contribution in [1.29, 1.82) is 0 Å². The Kier molecular flexibility index (Phi) is 6.27.